The molecule has 10 nitrogen and oxygen atoms in total. The standard InChI is InChI=1S/C28H36N6O4/c1-16(31-26(36)37-27(2,3)4)17-10-9-11-18(12-17)20-13-19-23-22(30-15-34(23)8)21(33-24(19)32-20)14-28(5,6)38-25(35)29-7/h9-13,15-16H,14H2,1-8H3,(H,29,35)(H,31,36)(H,32,33). The van der Waals surface area contributed by atoms with E-state index in [1.54, 1.807) is 6.33 Å². The minimum absolute atomic E-state index is 0.245. The Morgan fingerprint density at radius 2 is 1.84 bits per heavy atom. The van der Waals surface area contributed by atoms with Crippen molar-refractivity contribution in [2.24, 2.45) is 7.05 Å². The average Bonchev–Trinajstić information content (AvgIpc) is 3.41. The van der Waals surface area contributed by atoms with Crippen LogP contribution >= 0.6 is 0 Å². The zero-order valence-corrected chi connectivity index (χ0v) is 23.2. The lowest BCUT2D eigenvalue weighted by Crippen LogP contribution is -2.35. The van der Waals surface area contributed by atoms with Crippen molar-refractivity contribution in [2.75, 3.05) is 7.05 Å². The van der Waals surface area contributed by atoms with Gasteiger partial charge in [-0.15, -0.1) is 0 Å². The van der Waals surface area contributed by atoms with E-state index in [-0.39, 0.29) is 6.04 Å². The normalized spacial score (nSPS) is 12.9. The highest BCUT2D eigenvalue weighted by atomic mass is 16.6. The summed E-state index contributed by atoms with van der Waals surface area (Å²) in [5.74, 6) is 0. The summed E-state index contributed by atoms with van der Waals surface area (Å²) in [6, 6.07) is 9.79. The second-order valence-corrected chi connectivity index (χ2v) is 11.1. The van der Waals surface area contributed by atoms with E-state index in [2.05, 4.69) is 26.7 Å². The number of hydrogen-bond acceptors (Lipinski definition) is 6. The molecule has 0 spiro atoms. The van der Waals surface area contributed by atoms with Crippen LogP contribution in [0.2, 0.25) is 0 Å². The lowest BCUT2D eigenvalue weighted by atomic mass is 10.0. The molecule has 2 amide bonds. The maximum Gasteiger partial charge on any atom is 0.408 e. The Kier molecular flexibility index (Phi) is 7.10. The van der Waals surface area contributed by atoms with Gasteiger partial charge in [0.25, 0.3) is 0 Å². The number of imidazole rings is 1. The van der Waals surface area contributed by atoms with Crippen LogP contribution in [0.4, 0.5) is 9.59 Å². The molecule has 1 unspecified atom stereocenters. The number of ether oxygens (including phenoxy) is 2. The molecular formula is C28H36N6O4. The van der Waals surface area contributed by atoms with Crippen LogP contribution in [-0.4, -0.2) is 50.0 Å². The minimum Gasteiger partial charge on any atom is -0.444 e. The van der Waals surface area contributed by atoms with Gasteiger partial charge in [0.2, 0.25) is 0 Å². The van der Waals surface area contributed by atoms with Gasteiger partial charge in [-0.3, -0.25) is 0 Å². The summed E-state index contributed by atoms with van der Waals surface area (Å²) in [6.07, 6.45) is 1.20. The highest BCUT2D eigenvalue weighted by molar-refractivity contribution is 6.04. The molecule has 1 atom stereocenters. The quantitative estimate of drug-likeness (QED) is 0.314. The van der Waals surface area contributed by atoms with Crippen molar-refractivity contribution in [3.63, 3.8) is 0 Å². The molecule has 3 N–H and O–H groups in total. The third-order valence-corrected chi connectivity index (χ3v) is 6.11. The Morgan fingerprint density at radius 1 is 1.11 bits per heavy atom. The fourth-order valence-electron chi connectivity index (χ4n) is 4.42. The fraction of sp³-hybridized carbons (Fsp3) is 0.429. The van der Waals surface area contributed by atoms with E-state index in [9.17, 15) is 9.59 Å². The Balaban J connectivity index is 1.68. The third-order valence-electron chi connectivity index (χ3n) is 6.11. The maximum atomic E-state index is 12.3. The Labute approximate surface area is 222 Å². The first-order chi connectivity index (χ1) is 17.8. The SMILES string of the molecule is CNC(=O)OC(C)(C)Cc1nc2[nH]c(-c3cccc(C(C)NC(=O)OC(C)(C)C)c3)cc2c2c1ncn2C. The molecule has 10 heteroatoms. The number of benzene rings is 1. The topological polar surface area (TPSA) is 123 Å². The Morgan fingerprint density at radius 3 is 2.53 bits per heavy atom. The lowest BCUT2D eigenvalue weighted by Gasteiger charge is -2.24. The number of H-pyrrole nitrogens is 1. The van der Waals surface area contributed by atoms with E-state index in [0.29, 0.717) is 12.1 Å². The van der Waals surface area contributed by atoms with Gasteiger partial charge in [-0.05, 0) is 64.8 Å². The van der Waals surface area contributed by atoms with Crippen LogP contribution in [0.3, 0.4) is 0 Å². The number of aryl methyl sites for hydroxylation is 1. The molecule has 3 heterocycles. The summed E-state index contributed by atoms with van der Waals surface area (Å²) in [5.41, 5.74) is 4.60. The van der Waals surface area contributed by atoms with Crippen LogP contribution in [0.1, 0.15) is 58.8 Å². The van der Waals surface area contributed by atoms with Gasteiger partial charge in [0, 0.05) is 31.6 Å². The number of fused-ring (bicyclic) bond motifs is 3. The number of hydrogen-bond donors (Lipinski definition) is 3. The molecular weight excluding hydrogens is 484 g/mol. The van der Waals surface area contributed by atoms with Gasteiger partial charge < -0.3 is 29.7 Å². The predicted octanol–water partition coefficient (Wildman–Crippen LogP) is 5.38. The molecule has 38 heavy (non-hydrogen) atoms. The lowest BCUT2D eigenvalue weighted by molar-refractivity contribution is 0.0401. The maximum absolute atomic E-state index is 12.3. The molecule has 202 valence electrons. The monoisotopic (exact) mass is 520 g/mol. The van der Waals surface area contributed by atoms with Crippen molar-refractivity contribution in [1.29, 1.82) is 0 Å². The highest BCUT2D eigenvalue weighted by Gasteiger charge is 2.27. The van der Waals surface area contributed by atoms with Crippen molar-refractivity contribution in [3.05, 3.63) is 47.9 Å². The number of carbonyl (C=O) groups excluding carboxylic acids is 2. The van der Waals surface area contributed by atoms with Gasteiger partial charge in [0.05, 0.1) is 23.6 Å². The van der Waals surface area contributed by atoms with Crippen LogP contribution in [0.25, 0.3) is 33.3 Å². The largest absolute Gasteiger partial charge is 0.444 e. The molecule has 3 aromatic heterocycles. The summed E-state index contributed by atoms with van der Waals surface area (Å²) in [7, 11) is 3.48. The van der Waals surface area contributed by atoms with Gasteiger partial charge in [0.15, 0.2) is 0 Å². The molecule has 1 aromatic carbocycles. The van der Waals surface area contributed by atoms with Gasteiger partial charge in [-0.2, -0.15) is 0 Å². The number of aromatic amines is 1. The zero-order chi connectivity index (χ0) is 27.8. The second-order valence-electron chi connectivity index (χ2n) is 11.1. The van der Waals surface area contributed by atoms with Crippen molar-refractivity contribution >= 4 is 34.3 Å². The van der Waals surface area contributed by atoms with Crippen LogP contribution in [-0.2, 0) is 22.9 Å². The number of amides is 2. The molecule has 0 saturated carbocycles. The molecule has 0 saturated heterocycles. The summed E-state index contributed by atoms with van der Waals surface area (Å²) >= 11 is 0. The van der Waals surface area contributed by atoms with E-state index in [4.69, 9.17) is 14.5 Å². The van der Waals surface area contributed by atoms with Crippen molar-refractivity contribution < 1.29 is 19.1 Å². The van der Waals surface area contributed by atoms with E-state index >= 15 is 0 Å². The Bertz CT molecular complexity index is 1490. The second kappa shape index (κ2) is 10.00. The van der Waals surface area contributed by atoms with Crippen LogP contribution in [0.15, 0.2) is 36.7 Å². The smallest absolute Gasteiger partial charge is 0.408 e. The molecule has 4 aromatic rings. The number of nitrogens with zero attached hydrogens (tertiary/aromatic N) is 3. The summed E-state index contributed by atoms with van der Waals surface area (Å²) in [6.45, 7) is 11.1. The summed E-state index contributed by atoms with van der Waals surface area (Å²) in [4.78, 5) is 37.1. The number of aromatic nitrogens is 4. The number of rotatable bonds is 6. The van der Waals surface area contributed by atoms with E-state index in [0.717, 1.165) is 38.9 Å². The van der Waals surface area contributed by atoms with Gasteiger partial charge in [0.1, 0.15) is 22.4 Å². The summed E-state index contributed by atoms with van der Waals surface area (Å²) < 4.78 is 12.9. The number of alkyl carbamates (subject to hydrolysis) is 2. The molecule has 4 rings (SSSR count). The first kappa shape index (κ1) is 27.0. The van der Waals surface area contributed by atoms with Crippen molar-refractivity contribution in [3.8, 4) is 11.3 Å². The van der Waals surface area contributed by atoms with Crippen LogP contribution in [0.5, 0.6) is 0 Å². The van der Waals surface area contributed by atoms with Gasteiger partial charge in [-0.1, -0.05) is 18.2 Å². The highest BCUT2D eigenvalue weighted by Crippen LogP contribution is 2.32. The zero-order valence-electron chi connectivity index (χ0n) is 23.2. The molecule has 0 fully saturated rings. The van der Waals surface area contributed by atoms with E-state index in [1.165, 1.54) is 7.05 Å². The van der Waals surface area contributed by atoms with Gasteiger partial charge in [-0.25, -0.2) is 19.6 Å². The molecule has 0 aliphatic heterocycles. The average molecular weight is 521 g/mol. The first-order valence-corrected chi connectivity index (χ1v) is 12.6. The number of pyridine rings is 1. The van der Waals surface area contributed by atoms with E-state index < -0.39 is 23.4 Å². The minimum atomic E-state index is -0.785. The summed E-state index contributed by atoms with van der Waals surface area (Å²) in [5, 5.41) is 6.33. The van der Waals surface area contributed by atoms with Gasteiger partial charge >= 0.3 is 12.2 Å². The molecule has 0 radical (unpaired) electrons. The molecule has 0 aliphatic carbocycles. The van der Waals surface area contributed by atoms with Crippen molar-refractivity contribution in [1.82, 2.24) is 30.2 Å². The number of nitrogens with one attached hydrogen (secondary N) is 3. The van der Waals surface area contributed by atoms with E-state index in [1.807, 2.05) is 77.4 Å². The predicted molar refractivity (Wildman–Crippen MR) is 147 cm³/mol. The first-order valence-electron chi connectivity index (χ1n) is 12.6. The third kappa shape index (κ3) is 5.90. The molecule has 0 aliphatic rings. The number of carbonyl (C=O) groups is 2. The molecule has 0 bridgehead atoms. The fourth-order valence-corrected chi connectivity index (χ4v) is 4.42. The van der Waals surface area contributed by atoms with Crippen LogP contribution < -0.4 is 10.6 Å². The van der Waals surface area contributed by atoms with Crippen molar-refractivity contribution in [2.45, 2.75) is 65.2 Å². The van der Waals surface area contributed by atoms with Crippen LogP contribution in [0, 0.1) is 0 Å². The Hall–Kier alpha value is -4.08.